The number of hydrogen-bond donors (Lipinski definition) is 1. The van der Waals surface area contributed by atoms with Gasteiger partial charge in [-0.05, 0) is 29.2 Å². The highest BCUT2D eigenvalue weighted by molar-refractivity contribution is 5.79. The molecule has 0 spiro atoms. The maximum atomic E-state index is 12.9. The van der Waals surface area contributed by atoms with Crippen molar-refractivity contribution >= 4 is 11.6 Å². The van der Waals surface area contributed by atoms with Gasteiger partial charge in [0.05, 0.1) is 22.9 Å². The van der Waals surface area contributed by atoms with Crippen molar-refractivity contribution in [1.29, 1.82) is 0 Å². The second-order valence-corrected chi connectivity index (χ2v) is 6.51. The summed E-state index contributed by atoms with van der Waals surface area (Å²) in [5.41, 5.74) is 0.0972. The Morgan fingerprint density at radius 3 is 2.30 bits per heavy atom. The van der Waals surface area contributed by atoms with E-state index in [1.807, 2.05) is 0 Å². The summed E-state index contributed by atoms with van der Waals surface area (Å²) >= 11 is 0. The Morgan fingerprint density at radius 2 is 1.78 bits per heavy atom. The summed E-state index contributed by atoms with van der Waals surface area (Å²) in [6.45, 7) is 3.61. The molecule has 1 N–H and O–H groups in total. The molecule has 0 saturated carbocycles. The summed E-state index contributed by atoms with van der Waals surface area (Å²) in [6, 6.07) is 9.86. The van der Waals surface area contributed by atoms with Crippen molar-refractivity contribution in [3.8, 4) is 0 Å². The Bertz CT molecular complexity index is 818. The van der Waals surface area contributed by atoms with Gasteiger partial charge in [0.1, 0.15) is 0 Å². The van der Waals surface area contributed by atoms with Gasteiger partial charge in [-0.25, -0.2) is 0 Å². The first-order chi connectivity index (χ1) is 12.6. The number of alkyl halides is 3. The zero-order chi connectivity index (χ0) is 20.2. The van der Waals surface area contributed by atoms with Gasteiger partial charge in [-0.2, -0.15) is 13.2 Å². The molecule has 1 unspecified atom stereocenters. The first-order valence-electron chi connectivity index (χ1n) is 8.28. The lowest BCUT2D eigenvalue weighted by atomic mass is 9.94. The van der Waals surface area contributed by atoms with E-state index in [0.29, 0.717) is 11.1 Å². The molecule has 144 valence electrons. The zero-order valence-corrected chi connectivity index (χ0v) is 14.8. The lowest BCUT2D eigenvalue weighted by Gasteiger charge is -2.24. The van der Waals surface area contributed by atoms with Crippen molar-refractivity contribution in [2.24, 2.45) is 5.92 Å². The highest BCUT2D eigenvalue weighted by atomic mass is 19.4. The van der Waals surface area contributed by atoms with Crippen LogP contribution >= 0.6 is 0 Å². The Hall–Kier alpha value is -2.90. The standard InChI is InChI=1S/C19H19F3N2O3/c1-12(2)18(14-4-3-5-15(11-14)19(20,21)22)23-17(25)10-13-6-8-16(9-7-13)24(26)27/h3-9,11-12,18H,10H2,1-2H3,(H,23,25). The van der Waals surface area contributed by atoms with E-state index < -0.39 is 22.7 Å². The van der Waals surface area contributed by atoms with E-state index in [2.05, 4.69) is 5.32 Å². The van der Waals surface area contributed by atoms with Crippen LogP contribution in [-0.2, 0) is 17.4 Å². The van der Waals surface area contributed by atoms with Crippen molar-refractivity contribution in [2.75, 3.05) is 0 Å². The average Bonchev–Trinajstić information content (AvgIpc) is 2.59. The lowest BCUT2D eigenvalue weighted by Crippen LogP contribution is -2.33. The fourth-order valence-electron chi connectivity index (χ4n) is 2.69. The molecule has 2 aromatic carbocycles. The highest BCUT2D eigenvalue weighted by Crippen LogP contribution is 2.32. The number of halogens is 3. The molecule has 0 aliphatic heterocycles. The third-order valence-electron chi connectivity index (χ3n) is 4.07. The molecule has 27 heavy (non-hydrogen) atoms. The van der Waals surface area contributed by atoms with E-state index in [4.69, 9.17) is 0 Å². The van der Waals surface area contributed by atoms with E-state index in [-0.39, 0.29) is 23.9 Å². The molecule has 2 rings (SSSR count). The van der Waals surface area contributed by atoms with Gasteiger partial charge in [-0.1, -0.05) is 38.1 Å². The van der Waals surface area contributed by atoms with Gasteiger partial charge in [-0.15, -0.1) is 0 Å². The molecular weight excluding hydrogens is 361 g/mol. The first kappa shape index (κ1) is 20.4. The second kappa shape index (κ2) is 8.20. The Kier molecular flexibility index (Phi) is 6.20. The van der Waals surface area contributed by atoms with Gasteiger partial charge in [0, 0.05) is 12.1 Å². The van der Waals surface area contributed by atoms with Crippen molar-refractivity contribution in [1.82, 2.24) is 5.32 Å². The van der Waals surface area contributed by atoms with Crippen LogP contribution in [0.15, 0.2) is 48.5 Å². The number of carbonyl (C=O) groups is 1. The topological polar surface area (TPSA) is 72.2 Å². The van der Waals surface area contributed by atoms with Crippen LogP contribution in [0.5, 0.6) is 0 Å². The summed E-state index contributed by atoms with van der Waals surface area (Å²) < 4.78 is 38.8. The Labute approximate surface area is 154 Å². The van der Waals surface area contributed by atoms with Crippen LogP contribution in [0.2, 0.25) is 0 Å². The normalized spacial score (nSPS) is 12.7. The van der Waals surface area contributed by atoms with E-state index in [0.717, 1.165) is 12.1 Å². The van der Waals surface area contributed by atoms with E-state index >= 15 is 0 Å². The summed E-state index contributed by atoms with van der Waals surface area (Å²) in [5, 5.41) is 13.4. The number of nitro benzene ring substituents is 1. The number of non-ortho nitro benzene ring substituents is 1. The highest BCUT2D eigenvalue weighted by Gasteiger charge is 2.31. The molecule has 2 aromatic rings. The molecule has 0 heterocycles. The van der Waals surface area contributed by atoms with Gasteiger partial charge in [0.25, 0.3) is 5.69 Å². The first-order valence-corrected chi connectivity index (χ1v) is 8.28. The number of amides is 1. The molecular formula is C19H19F3N2O3. The minimum atomic E-state index is -4.46. The molecule has 0 fully saturated rings. The van der Waals surface area contributed by atoms with E-state index in [9.17, 15) is 28.1 Å². The van der Waals surface area contributed by atoms with Gasteiger partial charge in [-0.3, -0.25) is 14.9 Å². The maximum Gasteiger partial charge on any atom is 0.416 e. The number of nitrogens with one attached hydrogen (secondary N) is 1. The summed E-state index contributed by atoms with van der Waals surface area (Å²) in [6.07, 6.45) is -4.49. The predicted octanol–water partition coefficient (Wildman–Crippen LogP) is 4.67. The van der Waals surface area contributed by atoms with Crippen LogP contribution in [-0.4, -0.2) is 10.8 Å². The summed E-state index contributed by atoms with van der Waals surface area (Å²) in [4.78, 5) is 22.5. The number of rotatable bonds is 6. The number of benzene rings is 2. The molecule has 0 aliphatic rings. The minimum absolute atomic E-state index is 0.0276. The van der Waals surface area contributed by atoms with Crippen LogP contribution < -0.4 is 5.32 Å². The molecule has 0 radical (unpaired) electrons. The fourth-order valence-corrected chi connectivity index (χ4v) is 2.69. The van der Waals surface area contributed by atoms with Crippen molar-refractivity contribution in [2.45, 2.75) is 32.5 Å². The van der Waals surface area contributed by atoms with Crippen LogP contribution in [0.3, 0.4) is 0 Å². The molecule has 0 saturated heterocycles. The lowest BCUT2D eigenvalue weighted by molar-refractivity contribution is -0.384. The number of nitrogens with zero attached hydrogens (tertiary/aromatic N) is 1. The predicted molar refractivity (Wildman–Crippen MR) is 94.0 cm³/mol. The molecule has 0 aromatic heterocycles. The molecule has 0 bridgehead atoms. The quantitative estimate of drug-likeness (QED) is 0.585. The van der Waals surface area contributed by atoms with E-state index in [1.54, 1.807) is 19.9 Å². The van der Waals surface area contributed by atoms with E-state index in [1.165, 1.54) is 30.3 Å². The third-order valence-corrected chi connectivity index (χ3v) is 4.07. The number of carbonyl (C=O) groups excluding carboxylic acids is 1. The second-order valence-electron chi connectivity index (χ2n) is 6.51. The summed E-state index contributed by atoms with van der Waals surface area (Å²) in [7, 11) is 0. The SMILES string of the molecule is CC(C)C(NC(=O)Cc1ccc([N+](=O)[O-])cc1)c1cccc(C(F)(F)F)c1. The Morgan fingerprint density at radius 1 is 1.15 bits per heavy atom. The largest absolute Gasteiger partial charge is 0.416 e. The number of hydrogen-bond acceptors (Lipinski definition) is 3. The van der Waals surface area contributed by atoms with Gasteiger partial charge < -0.3 is 5.32 Å². The number of nitro groups is 1. The average molecular weight is 380 g/mol. The van der Waals surface area contributed by atoms with Crippen LogP contribution in [0.1, 0.15) is 36.6 Å². The van der Waals surface area contributed by atoms with Crippen LogP contribution in [0, 0.1) is 16.0 Å². The van der Waals surface area contributed by atoms with Crippen molar-refractivity contribution in [3.63, 3.8) is 0 Å². The summed E-state index contributed by atoms with van der Waals surface area (Å²) in [5.74, 6) is -0.505. The zero-order valence-electron chi connectivity index (χ0n) is 14.8. The third kappa shape index (κ3) is 5.54. The van der Waals surface area contributed by atoms with Gasteiger partial charge >= 0.3 is 6.18 Å². The van der Waals surface area contributed by atoms with Crippen molar-refractivity contribution in [3.05, 3.63) is 75.3 Å². The minimum Gasteiger partial charge on any atom is -0.349 e. The molecule has 1 amide bonds. The Balaban J connectivity index is 2.14. The smallest absolute Gasteiger partial charge is 0.349 e. The van der Waals surface area contributed by atoms with Crippen LogP contribution in [0.4, 0.5) is 18.9 Å². The molecule has 8 heteroatoms. The maximum absolute atomic E-state index is 12.9. The van der Waals surface area contributed by atoms with Gasteiger partial charge in [0.15, 0.2) is 0 Å². The molecule has 0 aliphatic carbocycles. The molecule has 5 nitrogen and oxygen atoms in total. The fraction of sp³-hybridized carbons (Fsp3) is 0.316. The monoisotopic (exact) mass is 380 g/mol. The van der Waals surface area contributed by atoms with Gasteiger partial charge in [0.2, 0.25) is 5.91 Å². The molecule has 1 atom stereocenters. The van der Waals surface area contributed by atoms with Crippen LogP contribution in [0.25, 0.3) is 0 Å². The van der Waals surface area contributed by atoms with Crippen molar-refractivity contribution < 1.29 is 22.9 Å².